The summed E-state index contributed by atoms with van der Waals surface area (Å²) in [6.45, 7) is 4.20. The molecule has 1 amide bonds. The van der Waals surface area contributed by atoms with Crippen molar-refractivity contribution < 1.29 is 9.53 Å². The molecule has 1 aliphatic heterocycles. The zero-order chi connectivity index (χ0) is 25.9. The zero-order valence-corrected chi connectivity index (χ0v) is 21.7. The van der Waals surface area contributed by atoms with Crippen LogP contribution in [0.2, 0.25) is 0 Å². The van der Waals surface area contributed by atoms with Crippen LogP contribution in [-0.2, 0) is 9.53 Å². The fourth-order valence-corrected chi connectivity index (χ4v) is 5.25. The molecule has 8 nitrogen and oxygen atoms in total. The topological polar surface area (TPSA) is 84.3 Å². The summed E-state index contributed by atoms with van der Waals surface area (Å²) in [5.41, 5.74) is 5.80. The van der Waals surface area contributed by atoms with Crippen molar-refractivity contribution in [3.05, 3.63) is 102 Å². The number of amides is 1. The SMILES string of the molecule is COCC(=O)Nc1ccc(N2C(=S)N[C@@H](c3ccccn3)[C@@H]2c2cc(C)n(-c3ccccn3)c2C)cc1. The van der Waals surface area contributed by atoms with Crippen LogP contribution < -0.4 is 15.5 Å². The number of carbonyl (C=O) groups is 1. The maximum absolute atomic E-state index is 11.9. The smallest absolute Gasteiger partial charge is 0.250 e. The average molecular weight is 513 g/mol. The summed E-state index contributed by atoms with van der Waals surface area (Å²) < 4.78 is 7.07. The Labute approximate surface area is 221 Å². The second kappa shape index (κ2) is 10.5. The van der Waals surface area contributed by atoms with Gasteiger partial charge in [-0.25, -0.2) is 4.98 Å². The first-order valence-corrected chi connectivity index (χ1v) is 12.4. The highest BCUT2D eigenvalue weighted by molar-refractivity contribution is 7.80. The van der Waals surface area contributed by atoms with Gasteiger partial charge in [0, 0.05) is 42.3 Å². The molecule has 37 heavy (non-hydrogen) atoms. The Bertz CT molecular complexity index is 1410. The Morgan fingerprint density at radius 2 is 1.78 bits per heavy atom. The van der Waals surface area contributed by atoms with E-state index in [1.807, 2.05) is 60.7 Å². The molecule has 2 atom stereocenters. The average Bonchev–Trinajstić information content (AvgIpc) is 3.40. The molecule has 1 saturated heterocycles. The summed E-state index contributed by atoms with van der Waals surface area (Å²) in [7, 11) is 1.49. The van der Waals surface area contributed by atoms with Crippen molar-refractivity contribution in [2.24, 2.45) is 0 Å². The molecule has 188 valence electrons. The molecule has 4 heterocycles. The van der Waals surface area contributed by atoms with Gasteiger partial charge in [0.15, 0.2) is 5.11 Å². The van der Waals surface area contributed by atoms with Crippen molar-refractivity contribution in [1.82, 2.24) is 19.9 Å². The second-order valence-corrected chi connectivity index (χ2v) is 9.26. The summed E-state index contributed by atoms with van der Waals surface area (Å²) in [5, 5.41) is 6.96. The zero-order valence-electron chi connectivity index (χ0n) is 20.9. The van der Waals surface area contributed by atoms with Crippen molar-refractivity contribution in [1.29, 1.82) is 0 Å². The van der Waals surface area contributed by atoms with Gasteiger partial charge in [-0.3, -0.25) is 9.78 Å². The highest BCUT2D eigenvalue weighted by Gasteiger charge is 2.42. The monoisotopic (exact) mass is 512 g/mol. The number of anilines is 2. The minimum absolute atomic E-state index is 0.00159. The van der Waals surface area contributed by atoms with Crippen molar-refractivity contribution >= 4 is 34.6 Å². The van der Waals surface area contributed by atoms with E-state index < -0.39 is 0 Å². The number of ether oxygens (including phenoxy) is 1. The van der Waals surface area contributed by atoms with Crippen LogP contribution in [0.3, 0.4) is 0 Å². The number of methoxy groups -OCH3 is 1. The maximum atomic E-state index is 11.9. The van der Waals surface area contributed by atoms with E-state index in [1.165, 1.54) is 7.11 Å². The number of thiocarbonyl (C=S) groups is 1. The third kappa shape index (κ3) is 4.83. The van der Waals surface area contributed by atoms with E-state index in [2.05, 4.69) is 50.0 Å². The number of carbonyl (C=O) groups excluding carboxylic acids is 1. The number of nitrogens with zero attached hydrogens (tertiary/aromatic N) is 4. The van der Waals surface area contributed by atoms with Crippen LogP contribution in [0, 0.1) is 13.8 Å². The summed E-state index contributed by atoms with van der Waals surface area (Å²) in [5.74, 6) is 0.665. The van der Waals surface area contributed by atoms with Crippen LogP contribution in [0.5, 0.6) is 0 Å². The number of benzene rings is 1. The van der Waals surface area contributed by atoms with E-state index in [4.69, 9.17) is 17.0 Å². The predicted octanol–water partition coefficient (Wildman–Crippen LogP) is 4.65. The molecule has 1 aliphatic rings. The summed E-state index contributed by atoms with van der Waals surface area (Å²) in [6.07, 6.45) is 3.60. The number of pyridine rings is 2. The molecule has 0 bridgehead atoms. The first kappa shape index (κ1) is 24.6. The number of rotatable bonds is 7. The van der Waals surface area contributed by atoms with Gasteiger partial charge in [-0.2, -0.15) is 0 Å². The highest BCUT2D eigenvalue weighted by Crippen LogP contribution is 2.43. The van der Waals surface area contributed by atoms with Gasteiger partial charge in [0.25, 0.3) is 0 Å². The third-order valence-corrected chi connectivity index (χ3v) is 6.78. The van der Waals surface area contributed by atoms with Crippen LogP contribution in [0.15, 0.2) is 79.1 Å². The molecule has 2 N–H and O–H groups in total. The number of aryl methyl sites for hydroxylation is 1. The number of nitrogens with one attached hydrogen (secondary N) is 2. The molecule has 1 fully saturated rings. The molecular formula is C28H28N6O2S. The Balaban J connectivity index is 1.57. The molecule has 3 aromatic heterocycles. The molecular weight excluding hydrogens is 484 g/mol. The number of hydrogen-bond acceptors (Lipinski definition) is 5. The fraction of sp³-hybridized carbons (Fsp3) is 0.214. The molecule has 9 heteroatoms. The normalized spacial score (nSPS) is 17.1. The van der Waals surface area contributed by atoms with Gasteiger partial charge in [0.2, 0.25) is 5.91 Å². The minimum Gasteiger partial charge on any atom is -0.375 e. The van der Waals surface area contributed by atoms with Gasteiger partial charge in [-0.1, -0.05) is 12.1 Å². The van der Waals surface area contributed by atoms with Crippen molar-refractivity contribution in [3.8, 4) is 5.82 Å². The molecule has 4 aromatic rings. The van der Waals surface area contributed by atoms with Crippen molar-refractivity contribution in [2.45, 2.75) is 25.9 Å². The molecule has 0 spiro atoms. The van der Waals surface area contributed by atoms with Gasteiger partial charge in [-0.05, 0) is 86.2 Å². The lowest BCUT2D eigenvalue weighted by Gasteiger charge is -2.28. The van der Waals surface area contributed by atoms with E-state index >= 15 is 0 Å². The van der Waals surface area contributed by atoms with Crippen LogP contribution in [0.25, 0.3) is 5.82 Å². The lowest BCUT2D eigenvalue weighted by atomic mass is 9.96. The molecule has 0 radical (unpaired) electrons. The third-order valence-electron chi connectivity index (χ3n) is 6.47. The molecule has 0 saturated carbocycles. The first-order valence-electron chi connectivity index (χ1n) is 12.0. The van der Waals surface area contributed by atoms with Crippen LogP contribution in [-0.4, -0.2) is 39.3 Å². The van der Waals surface area contributed by atoms with E-state index in [1.54, 1.807) is 12.4 Å². The van der Waals surface area contributed by atoms with Crippen molar-refractivity contribution in [3.63, 3.8) is 0 Å². The van der Waals surface area contributed by atoms with Gasteiger partial charge >= 0.3 is 0 Å². The quantitative estimate of drug-likeness (QED) is 0.349. The van der Waals surface area contributed by atoms with E-state index in [-0.39, 0.29) is 24.6 Å². The van der Waals surface area contributed by atoms with E-state index in [0.29, 0.717) is 10.8 Å². The minimum atomic E-state index is -0.205. The van der Waals surface area contributed by atoms with Gasteiger partial charge in [-0.15, -0.1) is 0 Å². The lowest BCUT2D eigenvalue weighted by Crippen LogP contribution is -2.29. The Kier molecular flexibility index (Phi) is 6.98. The van der Waals surface area contributed by atoms with Crippen LogP contribution in [0.4, 0.5) is 11.4 Å². The maximum Gasteiger partial charge on any atom is 0.250 e. The first-order chi connectivity index (χ1) is 18.0. The summed E-state index contributed by atoms with van der Waals surface area (Å²) >= 11 is 5.87. The Morgan fingerprint density at radius 3 is 2.43 bits per heavy atom. The van der Waals surface area contributed by atoms with Crippen molar-refractivity contribution in [2.75, 3.05) is 23.9 Å². The van der Waals surface area contributed by atoms with Gasteiger partial charge < -0.3 is 24.8 Å². The molecule has 0 aliphatic carbocycles. The number of hydrogen-bond donors (Lipinski definition) is 2. The molecule has 5 rings (SSSR count). The van der Waals surface area contributed by atoms with Crippen LogP contribution in [0.1, 0.15) is 34.7 Å². The number of aromatic nitrogens is 3. The predicted molar refractivity (Wildman–Crippen MR) is 148 cm³/mol. The molecule has 1 aromatic carbocycles. The standard InChI is InChI=1S/C28H28N6O2S/c1-18-16-22(19(2)33(18)24-9-5-7-15-30-24)27-26(23-8-4-6-14-29-23)32-28(37)34(27)21-12-10-20(11-13-21)31-25(35)17-36-3/h4-16,26-27H,17H2,1-3H3,(H,31,35)(H,32,37)/t26-,27-/m0/s1. The van der Waals surface area contributed by atoms with Gasteiger partial charge in [0.05, 0.1) is 17.8 Å². The summed E-state index contributed by atoms with van der Waals surface area (Å²) in [4.78, 5) is 23.3. The summed E-state index contributed by atoms with van der Waals surface area (Å²) in [6, 6.07) is 21.4. The largest absolute Gasteiger partial charge is 0.375 e. The van der Waals surface area contributed by atoms with Gasteiger partial charge in [0.1, 0.15) is 12.4 Å². The van der Waals surface area contributed by atoms with E-state index in [9.17, 15) is 4.79 Å². The lowest BCUT2D eigenvalue weighted by molar-refractivity contribution is -0.119. The Morgan fingerprint density at radius 1 is 1.05 bits per heavy atom. The highest BCUT2D eigenvalue weighted by atomic mass is 32.1. The second-order valence-electron chi connectivity index (χ2n) is 8.87. The fourth-order valence-electron chi connectivity index (χ4n) is 4.91. The Hall–Kier alpha value is -4.08. The van der Waals surface area contributed by atoms with Crippen LogP contribution >= 0.6 is 12.2 Å². The van der Waals surface area contributed by atoms with E-state index in [0.717, 1.165) is 34.2 Å². The molecule has 0 unspecified atom stereocenters.